The Labute approximate surface area is 162 Å². The molecule has 3 rings (SSSR count). The maximum atomic E-state index is 12.6. The molecule has 0 spiro atoms. The molecule has 0 fully saturated rings. The van der Waals surface area contributed by atoms with Gasteiger partial charge < -0.3 is 9.55 Å². The Hall–Kier alpha value is -1.32. The summed E-state index contributed by atoms with van der Waals surface area (Å²) in [5, 5.41) is 0.738. The third kappa shape index (κ3) is 3.25. The van der Waals surface area contributed by atoms with E-state index < -0.39 is 23.1 Å². The number of benzene rings is 1. The molecule has 1 radical (unpaired) electrons. The Morgan fingerprint density at radius 2 is 1.83 bits per heavy atom. The van der Waals surface area contributed by atoms with E-state index in [0.717, 1.165) is 10.1 Å². The molecular formula is C14H9F3N3O2SY-. The third-order valence-electron chi connectivity index (χ3n) is 3.39. The van der Waals surface area contributed by atoms with E-state index in [2.05, 4.69) is 9.36 Å². The normalized spacial score (nSPS) is 11.5. The number of aromatic nitrogens is 3. The summed E-state index contributed by atoms with van der Waals surface area (Å²) in [7, 11) is 0. The van der Waals surface area contributed by atoms with E-state index in [1.807, 2.05) is 0 Å². The van der Waals surface area contributed by atoms with Gasteiger partial charge in [0.2, 0.25) is 0 Å². The number of fused-ring (bicyclic) bond motifs is 1. The van der Waals surface area contributed by atoms with Crippen molar-refractivity contribution in [1.29, 1.82) is 0 Å². The molecule has 0 amide bonds. The molecule has 0 unspecified atom stereocenters. The first-order chi connectivity index (χ1) is 10.7. The molecule has 2 heterocycles. The van der Waals surface area contributed by atoms with Gasteiger partial charge in [0.05, 0.1) is 10.4 Å². The first-order valence-corrected chi connectivity index (χ1v) is 7.21. The summed E-state index contributed by atoms with van der Waals surface area (Å²) in [6.45, 7) is 3.43. The summed E-state index contributed by atoms with van der Waals surface area (Å²) in [5.74, 6) is 0. The van der Waals surface area contributed by atoms with E-state index >= 15 is 0 Å². The van der Waals surface area contributed by atoms with Crippen LogP contribution in [-0.4, -0.2) is 8.94 Å². The second kappa shape index (κ2) is 6.53. The molecule has 0 aliphatic rings. The number of halogens is 3. The summed E-state index contributed by atoms with van der Waals surface area (Å²) in [6.07, 6.45) is -4.84. The first kappa shape index (κ1) is 19.0. The second-order valence-corrected chi connectivity index (χ2v) is 5.80. The predicted octanol–water partition coefficient (Wildman–Crippen LogP) is 2.40. The number of rotatable bonds is 1. The minimum absolute atomic E-state index is 0. The zero-order chi connectivity index (χ0) is 16.9. The molecule has 0 atom stereocenters. The van der Waals surface area contributed by atoms with Gasteiger partial charge in [0.15, 0.2) is 11.2 Å². The predicted molar refractivity (Wildman–Crippen MR) is 79.3 cm³/mol. The molecular weight excluding hydrogens is 420 g/mol. The largest absolute Gasteiger partial charge is 0.412 e. The molecule has 3 aromatic rings. The van der Waals surface area contributed by atoms with Crippen molar-refractivity contribution < 1.29 is 45.9 Å². The van der Waals surface area contributed by atoms with Crippen LogP contribution in [0.1, 0.15) is 17.0 Å². The van der Waals surface area contributed by atoms with Crippen molar-refractivity contribution >= 4 is 21.6 Å². The fourth-order valence-corrected chi connectivity index (χ4v) is 3.13. The Morgan fingerprint density at radius 3 is 2.42 bits per heavy atom. The van der Waals surface area contributed by atoms with E-state index in [1.54, 1.807) is 26.0 Å². The number of hydrogen-bond acceptors (Lipinski definition) is 4. The SMILES string of the molecule is Cc1cc2snc(C)c2cc1-n1c(=O)cc(C(F)(F)F)[n-]c1=O.[Y]. The number of aryl methyl sites for hydroxylation is 2. The fraction of sp³-hybridized carbons (Fsp3) is 0.214. The zero-order valence-corrected chi connectivity index (χ0v) is 16.2. The van der Waals surface area contributed by atoms with E-state index in [-0.39, 0.29) is 38.4 Å². The van der Waals surface area contributed by atoms with Crippen LogP contribution < -0.4 is 16.2 Å². The molecule has 0 saturated carbocycles. The third-order valence-corrected chi connectivity index (χ3v) is 4.29. The average Bonchev–Trinajstić information content (AvgIpc) is 2.78. The van der Waals surface area contributed by atoms with Crippen LogP contribution in [0.15, 0.2) is 27.8 Å². The Bertz CT molecular complexity index is 1010. The molecule has 0 aliphatic carbocycles. The molecule has 0 N–H and O–H groups in total. The van der Waals surface area contributed by atoms with Gasteiger partial charge in [-0.15, -0.1) is 0 Å². The van der Waals surface area contributed by atoms with Gasteiger partial charge in [0.1, 0.15) is 0 Å². The van der Waals surface area contributed by atoms with Crippen molar-refractivity contribution in [3.63, 3.8) is 0 Å². The monoisotopic (exact) mass is 429 g/mol. The van der Waals surface area contributed by atoms with Crippen molar-refractivity contribution in [2.24, 2.45) is 0 Å². The van der Waals surface area contributed by atoms with E-state index in [4.69, 9.17) is 0 Å². The second-order valence-electron chi connectivity index (χ2n) is 5.00. The quantitative estimate of drug-likeness (QED) is 0.596. The molecule has 123 valence electrons. The van der Waals surface area contributed by atoms with Crippen LogP contribution in [-0.2, 0) is 38.9 Å². The van der Waals surface area contributed by atoms with Crippen molar-refractivity contribution in [3.05, 3.63) is 56.0 Å². The molecule has 10 heteroatoms. The minimum atomic E-state index is -4.84. The molecule has 5 nitrogen and oxygen atoms in total. The van der Waals surface area contributed by atoms with Crippen molar-refractivity contribution in [2.75, 3.05) is 0 Å². The Kier molecular flexibility index (Phi) is 5.18. The van der Waals surface area contributed by atoms with Crippen LogP contribution in [0.2, 0.25) is 0 Å². The van der Waals surface area contributed by atoms with Crippen LogP contribution in [0.4, 0.5) is 13.2 Å². The van der Waals surface area contributed by atoms with E-state index in [9.17, 15) is 22.8 Å². The number of alkyl halides is 3. The topological polar surface area (TPSA) is 66.1 Å². The molecule has 0 bridgehead atoms. The summed E-state index contributed by atoms with van der Waals surface area (Å²) < 4.78 is 43.6. The Balaban J connectivity index is 0.00000208. The Morgan fingerprint density at radius 1 is 1.17 bits per heavy atom. The van der Waals surface area contributed by atoms with Gasteiger partial charge in [-0.3, -0.25) is 9.59 Å². The molecule has 0 saturated heterocycles. The van der Waals surface area contributed by atoms with Gasteiger partial charge in [-0.05, 0) is 54.8 Å². The van der Waals surface area contributed by atoms with Crippen LogP contribution in [0.3, 0.4) is 0 Å². The van der Waals surface area contributed by atoms with Crippen molar-refractivity contribution in [2.45, 2.75) is 20.0 Å². The average molecular weight is 429 g/mol. The van der Waals surface area contributed by atoms with Gasteiger partial charge in [0, 0.05) is 43.8 Å². The van der Waals surface area contributed by atoms with Gasteiger partial charge >= 0.3 is 6.18 Å². The van der Waals surface area contributed by atoms with Crippen LogP contribution in [0, 0.1) is 13.8 Å². The molecule has 0 aliphatic heterocycles. The summed E-state index contributed by atoms with van der Waals surface area (Å²) >= 11 is 1.27. The number of nitrogens with zero attached hydrogens (tertiary/aromatic N) is 3. The van der Waals surface area contributed by atoms with Crippen LogP contribution in [0.25, 0.3) is 15.8 Å². The minimum Gasteiger partial charge on any atom is -0.396 e. The smallest absolute Gasteiger partial charge is 0.396 e. The summed E-state index contributed by atoms with van der Waals surface area (Å²) in [4.78, 5) is 27.0. The maximum absolute atomic E-state index is 12.6. The van der Waals surface area contributed by atoms with Crippen LogP contribution >= 0.6 is 11.5 Å². The molecule has 2 aromatic heterocycles. The van der Waals surface area contributed by atoms with Gasteiger partial charge in [-0.2, -0.15) is 17.5 Å². The van der Waals surface area contributed by atoms with Gasteiger partial charge in [-0.25, -0.2) is 0 Å². The maximum Gasteiger partial charge on any atom is 0.412 e. The first-order valence-electron chi connectivity index (χ1n) is 6.44. The van der Waals surface area contributed by atoms with E-state index in [0.29, 0.717) is 21.9 Å². The summed E-state index contributed by atoms with van der Waals surface area (Å²) in [5.41, 5.74) is -2.32. The van der Waals surface area contributed by atoms with Gasteiger partial charge in [-0.1, -0.05) is 0 Å². The molecule has 24 heavy (non-hydrogen) atoms. The standard InChI is InChI=1S/C14H10F3N3O2S.Y/c1-6-3-10-8(7(2)19-23-10)4-9(6)20-12(21)5-11(14(15,16)17)18-13(20)22;/h3-5H,1-2H3,(H,18,21,22);/p-1. The van der Waals surface area contributed by atoms with Gasteiger partial charge in [0.25, 0.3) is 0 Å². The van der Waals surface area contributed by atoms with E-state index in [1.165, 1.54) is 11.5 Å². The van der Waals surface area contributed by atoms with Crippen LogP contribution in [0.5, 0.6) is 0 Å². The number of hydrogen-bond donors (Lipinski definition) is 0. The van der Waals surface area contributed by atoms with Crippen molar-refractivity contribution in [1.82, 2.24) is 13.9 Å². The summed E-state index contributed by atoms with van der Waals surface area (Å²) in [6, 6.07) is 3.63. The fourth-order valence-electron chi connectivity index (χ4n) is 2.26. The van der Waals surface area contributed by atoms with Crippen molar-refractivity contribution in [3.8, 4) is 5.69 Å². The molecule has 1 aromatic carbocycles. The zero-order valence-electron chi connectivity index (χ0n) is 12.5.